The molecule has 0 saturated carbocycles. The van der Waals surface area contributed by atoms with Gasteiger partial charge in [0.05, 0.1) is 57.3 Å². The fourth-order valence-corrected chi connectivity index (χ4v) is 4.02. The number of hydrogen-bond donors (Lipinski definition) is 2. The van der Waals surface area contributed by atoms with Gasteiger partial charge in [-0.05, 0) is 13.0 Å². The van der Waals surface area contributed by atoms with Gasteiger partial charge in [0, 0.05) is 48.6 Å². The molecule has 2 unspecified atom stereocenters. The highest BCUT2D eigenvalue weighted by molar-refractivity contribution is 5.70. The fourth-order valence-electron chi connectivity index (χ4n) is 4.02. The average Bonchev–Trinajstić information content (AvgIpc) is 3.38. The number of morpholine rings is 1. The lowest BCUT2D eigenvalue weighted by Crippen LogP contribution is -2.46. The number of anilines is 1. The largest absolute Gasteiger partial charge is 0.497 e. The van der Waals surface area contributed by atoms with Gasteiger partial charge in [0.15, 0.2) is 5.82 Å². The summed E-state index contributed by atoms with van der Waals surface area (Å²) in [5, 5.41) is 12.4. The van der Waals surface area contributed by atoms with Crippen molar-refractivity contribution in [2.24, 2.45) is 0 Å². The quantitative estimate of drug-likeness (QED) is 0.380. The molecule has 0 amide bonds. The monoisotopic (exact) mass is 504 g/mol. The Balaban J connectivity index is 1.45. The number of nitrogens with one attached hydrogen (secondary N) is 1. The third-order valence-corrected chi connectivity index (χ3v) is 6.02. The second-order valence-corrected chi connectivity index (χ2v) is 8.74. The van der Waals surface area contributed by atoms with Gasteiger partial charge in [-0.3, -0.25) is 9.48 Å². The Bertz CT molecular complexity index is 1440. The van der Waals surface area contributed by atoms with Crippen molar-refractivity contribution in [2.45, 2.75) is 25.6 Å². The van der Waals surface area contributed by atoms with Gasteiger partial charge in [-0.2, -0.15) is 14.9 Å². The van der Waals surface area contributed by atoms with Crippen molar-refractivity contribution in [3.8, 4) is 39.8 Å². The molecule has 1 saturated heterocycles. The minimum absolute atomic E-state index is 0.0394. The summed E-state index contributed by atoms with van der Waals surface area (Å²) >= 11 is 0. The molecule has 4 heterocycles. The minimum Gasteiger partial charge on any atom is -0.497 e. The van der Waals surface area contributed by atoms with Gasteiger partial charge in [0.25, 0.3) is 5.56 Å². The summed E-state index contributed by atoms with van der Waals surface area (Å²) in [6.07, 6.45) is 5.24. The first-order valence-corrected chi connectivity index (χ1v) is 11.8. The first-order chi connectivity index (χ1) is 17.9. The summed E-state index contributed by atoms with van der Waals surface area (Å²) in [5.41, 5.74) is 8.40. The molecule has 12 heteroatoms. The standard InChI is InChI=1S/C25H28N8O4/c1-15-14-37-20(10-27-15)13-32-12-16(9-29-32)22-11-28-25(26)24(30-22)21-4-5-23(34)33(31-21)17-6-18(35-2)8-19(7-17)36-3/h4-9,11-12,15,20,27H,10,13-14H2,1-3H3,(H2,26,28). The number of aromatic nitrogens is 6. The predicted molar refractivity (Wildman–Crippen MR) is 137 cm³/mol. The number of nitrogens with two attached hydrogens (primary N) is 1. The zero-order valence-electron chi connectivity index (χ0n) is 20.8. The van der Waals surface area contributed by atoms with Gasteiger partial charge >= 0.3 is 0 Å². The molecule has 1 fully saturated rings. The number of ether oxygens (including phenoxy) is 3. The van der Waals surface area contributed by atoms with E-state index < -0.39 is 0 Å². The van der Waals surface area contributed by atoms with E-state index in [1.807, 2.05) is 10.9 Å². The van der Waals surface area contributed by atoms with Crippen LogP contribution in [-0.2, 0) is 11.3 Å². The van der Waals surface area contributed by atoms with Crippen LogP contribution in [0.1, 0.15) is 6.92 Å². The Labute approximate surface area is 213 Å². The van der Waals surface area contributed by atoms with Crippen LogP contribution in [0.5, 0.6) is 11.5 Å². The Morgan fingerprint density at radius 2 is 1.92 bits per heavy atom. The van der Waals surface area contributed by atoms with E-state index in [9.17, 15) is 4.79 Å². The zero-order chi connectivity index (χ0) is 25.9. The van der Waals surface area contributed by atoms with Gasteiger partial charge < -0.3 is 25.3 Å². The Kier molecular flexibility index (Phi) is 6.84. The van der Waals surface area contributed by atoms with Gasteiger partial charge in [0.1, 0.15) is 22.9 Å². The van der Waals surface area contributed by atoms with Crippen LogP contribution in [0.15, 0.2) is 53.7 Å². The molecule has 3 aromatic heterocycles. The van der Waals surface area contributed by atoms with Crippen LogP contribution in [0.25, 0.3) is 28.3 Å². The molecule has 0 bridgehead atoms. The molecule has 5 rings (SSSR count). The summed E-state index contributed by atoms with van der Waals surface area (Å²) in [6, 6.07) is 8.40. The van der Waals surface area contributed by atoms with Crippen LogP contribution < -0.4 is 26.1 Å². The SMILES string of the molecule is COc1cc(OC)cc(-n2nc(-c3nc(-c4cnn(CC5CNC(C)CO5)c4)cnc3N)ccc2=O)c1. The highest BCUT2D eigenvalue weighted by Crippen LogP contribution is 2.26. The maximum atomic E-state index is 12.7. The van der Waals surface area contributed by atoms with Gasteiger partial charge in [-0.15, -0.1) is 0 Å². The molecule has 1 aliphatic heterocycles. The lowest BCUT2D eigenvalue weighted by Gasteiger charge is -2.28. The lowest BCUT2D eigenvalue weighted by molar-refractivity contribution is -0.00291. The Morgan fingerprint density at radius 3 is 2.62 bits per heavy atom. The van der Waals surface area contributed by atoms with Crippen LogP contribution in [0.4, 0.5) is 5.82 Å². The minimum atomic E-state index is -0.336. The molecule has 1 aromatic carbocycles. The van der Waals surface area contributed by atoms with Crippen LogP contribution in [0.2, 0.25) is 0 Å². The summed E-state index contributed by atoms with van der Waals surface area (Å²) in [7, 11) is 3.07. The van der Waals surface area contributed by atoms with Crippen LogP contribution >= 0.6 is 0 Å². The van der Waals surface area contributed by atoms with Gasteiger partial charge in [-0.1, -0.05) is 0 Å². The molecule has 2 atom stereocenters. The third kappa shape index (κ3) is 5.29. The number of nitrogen functional groups attached to an aromatic ring is 1. The van der Waals surface area contributed by atoms with Crippen molar-refractivity contribution in [3.05, 3.63) is 59.3 Å². The summed E-state index contributed by atoms with van der Waals surface area (Å²) in [6.45, 7) is 4.14. The predicted octanol–water partition coefficient (Wildman–Crippen LogP) is 1.53. The van der Waals surface area contributed by atoms with Crippen molar-refractivity contribution in [2.75, 3.05) is 33.1 Å². The number of benzene rings is 1. The maximum absolute atomic E-state index is 12.7. The first-order valence-electron chi connectivity index (χ1n) is 11.8. The van der Waals surface area contributed by atoms with E-state index in [-0.39, 0.29) is 17.5 Å². The van der Waals surface area contributed by atoms with Gasteiger partial charge in [0.2, 0.25) is 0 Å². The van der Waals surface area contributed by atoms with E-state index in [4.69, 9.17) is 24.9 Å². The second-order valence-electron chi connectivity index (χ2n) is 8.74. The van der Waals surface area contributed by atoms with Crippen LogP contribution in [0, 0.1) is 0 Å². The molecule has 4 aromatic rings. The molecule has 12 nitrogen and oxygen atoms in total. The first kappa shape index (κ1) is 24.4. The molecule has 37 heavy (non-hydrogen) atoms. The third-order valence-electron chi connectivity index (χ3n) is 6.02. The van der Waals surface area contributed by atoms with E-state index in [2.05, 4.69) is 27.4 Å². The number of rotatable bonds is 7. The van der Waals surface area contributed by atoms with Crippen molar-refractivity contribution < 1.29 is 14.2 Å². The zero-order valence-corrected chi connectivity index (χ0v) is 20.8. The fraction of sp³-hybridized carbons (Fsp3) is 0.320. The molecule has 192 valence electrons. The molecule has 0 radical (unpaired) electrons. The molecule has 3 N–H and O–H groups in total. The van der Waals surface area contributed by atoms with E-state index in [1.165, 1.54) is 25.0 Å². The highest BCUT2D eigenvalue weighted by atomic mass is 16.5. The summed E-state index contributed by atoms with van der Waals surface area (Å²) in [5.74, 6) is 1.24. The normalized spacial score (nSPS) is 17.5. The molecule has 0 spiro atoms. The Morgan fingerprint density at radius 1 is 1.14 bits per heavy atom. The van der Waals surface area contributed by atoms with E-state index >= 15 is 0 Å². The number of hydrogen-bond acceptors (Lipinski definition) is 10. The van der Waals surface area contributed by atoms with Crippen molar-refractivity contribution in [1.29, 1.82) is 0 Å². The summed E-state index contributed by atoms with van der Waals surface area (Å²) < 4.78 is 19.6. The number of methoxy groups -OCH3 is 2. The average molecular weight is 505 g/mol. The van der Waals surface area contributed by atoms with Crippen molar-refractivity contribution in [1.82, 2.24) is 34.8 Å². The smallest absolute Gasteiger partial charge is 0.271 e. The molecule has 1 aliphatic rings. The van der Waals surface area contributed by atoms with Gasteiger partial charge in [-0.25, -0.2) is 9.97 Å². The van der Waals surface area contributed by atoms with E-state index in [0.29, 0.717) is 53.5 Å². The summed E-state index contributed by atoms with van der Waals surface area (Å²) in [4.78, 5) is 21.7. The van der Waals surface area contributed by atoms with Crippen molar-refractivity contribution >= 4 is 5.82 Å². The molecular formula is C25H28N8O4. The second kappa shape index (κ2) is 10.4. The molecule has 0 aliphatic carbocycles. The van der Waals surface area contributed by atoms with E-state index in [1.54, 1.807) is 36.7 Å². The Hall–Kier alpha value is -4.29. The maximum Gasteiger partial charge on any atom is 0.271 e. The van der Waals surface area contributed by atoms with Crippen LogP contribution in [0.3, 0.4) is 0 Å². The molecular weight excluding hydrogens is 476 g/mol. The highest BCUT2D eigenvalue weighted by Gasteiger charge is 2.19. The topological polar surface area (TPSA) is 144 Å². The van der Waals surface area contributed by atoms with Crippen LogP contribution in [-0.4, -0.2) is 69.0 Å². The lowest BCUT2D eigenvalue weighted by atomic mass is 10.2. The van der Waals surface area contributed by atoms with Crippen molar-refractivity contribution in [3.63, 3.8) is 0 Å². The number of nitrogens with zero attached hydrogens (tertiary/aromatic N) is 6. The van der Waals surface area contributed by atoms with E-state index in [0.717, 1.165) is 12.1 Å².